The molecule has 1 saturated heterocycles. The van der Waals surface area contributed by atoms with Gasteiger partial charge in [-0.05, 0) is 31.7 Å². The highest BCUT2D eigenvalue weighted by Gasteiger charge is 2.91. The van der Waals surface area contributed by atoms with Crippen molar-refractivity contribution in [3.05, 3.63) is 0 Å². The molecule has 7 bridgehead atoms. The molecular weight excluding hydrogens is 426 g/mol. The summed E-state index contributed by atoms with van der Waals surface area (Å²) in [6.45, 7) is 3.59. The Balaban J connectivity index is 1.68. The number of ether oxygens (including phenoxy) is 4. The Kier molecular flexibility index (Phi) is 4.99. The Morgan fingerprint density at radius 3 is 2.36 bits per heavy atom. The van der Waals surface area contributed by atoms with E-state index in [2.05, 4.69) is 11.8 Å². The topological polar surface area (TPSA) is 101 Å². The summed E-state index contributed by atoms with van der Waals surface area (Å²) in [5.74, 6) is -0.0916. The molecule has 6 aliphatic rings. The number of likely N-dealkylation sites (tertiary alicyclic amines) is 1. The van der Waals surface area contributed by atoms with E-state index in [4.69, 9.17) is 18.9 Å². The third-order valence-electron chi connectivity index (χ3n) is 11.6. The van der Waals surface area contributed by atoms with Crippen LogP contribution in [-0.2, 0) is 18.9 Å². The number of methoxy groups -OCH3 is 4. The van der Waals surface area contributed by atoms with Gasteiger partial charge >= 0.3 is 0 Å². The van der Waals surface area contributed by atoms with Gasteiger partial charge in [0.1, 0.15) is 11.2 Å². The second-order valence-electron chi connectivity index (χ2n) is 11.8. The lowest BCUT2D eigenvalue weighted by Crippen LogP contribution is -2.82. The number of rotatable bonds is 6. The number of aliphatic hydroxyl groups is 3. The van der Waals surface area contributed by atoms with Crippen LogP contribution in [0.2, 0.25) is 0 Å². The molecule has 0 radical (unpaired) electrons. The minimum Gasteiger partial charge on any atom is -0.396 e. The maximum absolute atomic E-state index is 13.0. The van der Waals surface area contributed by atoms with Crippen LogP contribution in [0.1, 0.15) is 32.6 Å². The van der Waals surface area contributed by atoms with E-state index in [1.165, 1.54) is 0 Å². The molecule has 188 valence electrons. The van der Waals surface area contributed by atoms with E-state index in [-0.39, 0.29) is 54.6 Å². The van der Waals surface area contributed by atoms with Crippen molar-refractivity contribution in [2.45, 2.75) is 74.3 Å². The van der Waals surface area contributed by atoms with Gasteiger partial charge in [0.15, 0.2) is 0 Å². The number of piperidine rings is 1. The smallest absolute Gasteiger partial charge is 0.136 e. The lowest BCUT2D eigenvalue weighted by atomic mass is 9.42. The molecule has 6 fully saturated rings. The quantitative estimate of drug-likeness (QED) is 0.512. The van der Waals surface area contributed by atoms with Crippen LogP contribution in [0.3, 0.4) is 0 Å². The Morgan fingerprint density at radius 1 is 1.03 bits per heavy atom. The van der Waals surface area contributed by atoms with Crippen LogP contribution in [0.25, 0.3) is 0 Å². The highest BCUT2D eigenvalue weighted by atomic mass is 16.5. The minimum atomic E-state index is -1.52. The largest absolute Gasteiger partial charge is 0.396 e. The van der Waals surface area contributed by atoms with E-state index in [0.717, 1.165) is 25.8 Å². The molecule has 13 atom stereocenters. The first-order valence-electron chi connectivity index (χ1n) is 12.7. The summed E-state index contributed by atoms with van der Waals surface area (Å²) in [6, 6.07) is -0.312. The zero-order chi connectivity index (χ0) is 23.6. The van der Waals surface area contributed by atoms with E-state index in [1.54, 1.807) is 28.4 Å². The Labute approximate surface area is 196 Å². The van der Waals surface area contributed by atoms with Gasteiger partial charge in [-0.2, -0.15) is 0 Å². The molecule has 1 aliphatic heterocycles. The first kappa shape index (κ1) is 23.1. The molecule has 5 saturated carbocycles. The maximum Gasteiger partial charge on any atom is 0.136 e. The fraction of sp³-hybridized carbons (Fsp3) is 1.00. The van der Waals surface area contributed by atoms with E-state index >= 15 is 0 Å². The van der Waals surface area contributed by atoms with Crippen LogP contribution in [0.5, 0.6) is 0 Å². The van der Waals surface area contributed by atoms with Crippen molar-refractivity contribution in [2.24, 2.45) is 34.5 Å². The van der Waals surface area contributed by atoms with Gasteiger partial charge in [-0.15, -0.1) is 0 Å². The third kappa shape index (κ3) is 2.16. The molecule has 8 nitrogen and oxygen atoms in total. The lowest BCUT2D eigenvalue weighted by Gasteiger charge is -2.70. The Morgan fingerprint density at radius 2 is 1.79 bits per heavy atom. The van der Waals surface area contributed by atoms with Crippen LogP contribution in [0.4, 0.5) is 0 Å². The molecule has 5 aliphatic carbocycles. The molecular formula is C25H41NO7. The van der Waals surface area contributed by atoms with Crippen molar-refractivity contribution in [3.63, 3.8) is 0 Å². The van der Waals surface area contributed by atoms with Crippen LogP contribution >= 0.6 is 0 Å². The Bertz CT molecular complexity index is 814. The fourth-order valence-electron chi connectivity index (χ4n) is 11.0. The summed E-state index contributed by atoms with van der Waals surface area (Å²) < 4.78 is 24.5. The summed E-state index contributed by atoms with van der Waals surface area (Å²) in [4.78, 5) is 2.33. The first-order chi connectivity index (χ1) is 15.8. The highest BCUT2D eigenvalue weighted by Crippen LogP contribution is 2.80. The highest BCUT2D eigenvalue weighted by molar-refractivity contribution is 5.41. The molecule has 2 unspecified atom stereocenters. The standard InChI is InChI=1S/C25H41NO7/c1-6-26-11-22(12-27)8-7-16(31-3)24-14-9-13-15(30-2)10-23(28,17(14)18(13)32-4)25(29,21(24)26)20(33-5)19(22)24/h13-21,27-29H,6-12H2,1-5H3/t13-,14-,15+,16+,17?,18+,19-,20+,21?,22-,23-,24+,25+/m1/s1. The monoisotopic (exact) mass is 467 g/mol. The zero-order valence-corrected chi connectivity index (χ0v) is 20.6. The summed E-state index contributed by atoms with van der Waals surface area (Å²) in [7, 11) is 6.85. The van der Waals surface area contributed by atoms with Crippen LogP contribution in [0, 0.1) is 34.5 Å². The van der Waals surface area contributed by atoms with E-state index in [0.29, 0.717) is 13.0 Å². The van der Waals surface area contributed by atoms with E-state index in [1.807, 2.05) is 0 Å². The van der Waals surface area contributed by atoms with E-state index < -0.39 is 28.1 Å². The normalized spacial score (nSPS) is 60.9. The molecule has 1 spiro atoms. The predicted octanol–water partition coefficient (Wildman–Crippen LogP) is 0.271. The molecule has 0 aromatic rings. The SMILES string of the molecule is CCN1C[C@@]2(CO)CC[C@H](OC)[C@]34C1[C@@](O)([C@@H](OC)[C@H]23)[C@@]1(O)C[C@H](OC)[C@H]2C[C@@H]4C1[C@H]2OC. The molecule has 33 heavy (non-hydrogen) atoms. The minimum absolute atomic E-state index is 0.0443. The molecule has 1 heterocycles. The summed E-state index contributed by atoms with van der Waals surface area (Å²) in [5, 5.41) is 36.6. The fourth-order valence-corrected chi connectivity index (χ4v) is 11.0. The average molecular weight is 468 g/mol. The van der Waals surface area contributed by atoms with Gasteiger partial charge in [-0.3, -0.25) is 4.90 Å². The molecule has 0 amide bonds. The van der Waals surface area contributed by atoms with Crippen LogP contribution in [0.15, 0.2) is 0 Å². The maximum atomic E-state index is 13.0. The van der Waals surface area contributed by atoms with Gasteiger partial charge in [0, 0.05) is 70.0 Å². The van der Waals surface area contributed by atoms with Gasteiger partial charge in [0.2, 0.25) is 0 Å². The van der Waals surface area contributed by atoms with Crippen molar-refractivity contribution in [1.29, 1.82) is 0 Å². The molecule has 3 N–H and O–H groups in total. The number of hydrogen-bond donors (Lipinski definition) is 3. The average Bonchev–Trinajstić information content (AvgIpc) is 3.24. The van der Waals surface area contributed by atoms with Crippen molar-refractivity contribution in [3.8, 4) is 0 Å². The van der Waals surface area contributed by atoms with Crippen LogP contribution in [-0.4, -0.2) is 110 Å². The third-order valence-corrected chi connectivity index (χ3v) is 11.6. The van der Waals surface area contributed by atoms with Crippen molar-refractivity contribution >= 4 is 0 Å². The second kappa shape index (κ2) is 7.13. The number of nitrogens with zero attached hydrogens (tertiary/aromatic N) is 1. The molecule has 8 heteroatoms. The van der Waals surface area contributed by atoms with Gasteiger partial charge < -0.3 is 34.3 Å². The number of aliphatic hydroxyl groups excluding tert-OH is 1. The van der Waals surface area contributed by atoms with Crippen molar-refractivity contribution < 1.29 is 34.3 Å². The molecule has 6 rings (SSSR count). The predicted molar refractivity (Wildman–Crippen MR) is 119 cm³/mol. The zero-order valence-electron chi connectivity index (χ0n) is 20.6. The van der Waals surface area contributed by atoms with E-state index in [9.17, 15) is 15.3 Å². The number of hydrogen-bond acceptors (Lipinski definition) is 8. The van der Waals surface area contributed by atoms with Gasteiger partial charge in [-0.1, -0.05) is 6.92 Å². The van der Waals surface area contributed by atoms with Crippen molar-refractivity contribution in [1.82, 2.24) is 4.90 Å². The van der Waals surface area contributed by atoms with Gasteiger partial charge in [0.25, 0.3) is 0 Å². The second-order valence-corrected chi connectivity index (χ2v) is 11.8. The molecule has 0 aromatic heterocycles. The molecule has 0 aromatic carbocycles. The summed E-state index contributed by atoms with van der Waals surface area (Å²) in [6.07, 6.45) is 1.81. The number of fused-ring (bicyclic) bond motifs is 2. The summed E-state index contributed by atoms with van der Waals surface area (Å²) in [5.41, 5.74) is -3.78. The van der Waals surface area contributed by atoms with Crippen molar-refractivity contribution in [2.75, 3.05) is 48.1 Å². The summed E-state index contributed by atoms with van der Waals surface area (Å²) >= 11 is 0. The number of likely N-dealkylation sites (N-methyl/N-ethyl adjacent to an activating group) is 1. The van der Waals surface area contributed by atoms with Crippen LogP contribution < -0.4 is 0 Å². The lowest BCUT2D eigenvalue weighted by molar-refractivity contribution is -0.320. The van der Waals surface area contributed by atoms with Gasteiger partial charge in [0.05, 0.1) is 37.1 Å². The van der Waals surface area contributed by atoms with Gasteiger partial charge in [-0.25, -0.2) is 0 Å². The Hall–Kier alpha value is -0.320. The first-order valence-corrected chi connectivity index (χ1v) is 12.7.